The van der Waals surface area contributed by atoms with Crippen LogP contribution < -0.4 is 10.9 Å². The van der Waals surface area contributed by atoms with Crippen LogP contribution in [-0.4, -0.2) is 28.2 Å². The number of halogens is 2. The van der Waals surface area contributed by atoms with Crippen molar-refractivity contribution in [2.75, 3.05) is 13.1 Å². The van der Waals surface area contributed by atoms with Crippen LogP contribution in [0.4, 0.5) is 0 Å². The topological polar surface area (TPSA) is 70.1 Å². The Morgan fingerprint density at radius 1 is 1.29 bits per heavy atom. The molecule has 3 heterocycles. The van der Waals surface area contributed by atoms with Crippen LogP contribution in [0.2, 0.25) is 5.02 Å². The van der Waals surface area contributed by atoms with Gasteiger partial charge in [0.2, 0.25) is 0 Å². The maximum atomic E-state index is 12.7. The molecule has 28 heavy (non-hydrogen) atoms. The van der Waals surface area contributed by atoms with E-state index in [-0.39, 0.29) is 23.4 Å². The average molecular weight is 455 g/mol. The number of aromatic amines is 1. The van der Waals surface area contributed by atoms with Crippen molar-refractivity contribution in [3.8, 4) is 11.1 Å². The van der Waals surface area contributed by atoms with Crippen LogP contribution in [0.5, 0.6) is 0 Å². The fourth-order valence-electron chi connectivity index (χ4n) is 2.85. The first-order valence-electron chi connectivity index (χ1n) is 8.59. The zero-order chi connectivity index (χ0) is 19.0. The molecule has 3 aromatic rings. The number of rotatable bonds is 3. The summed E-state index contributed by atoms with van der Waals surface area (Å²) in [5.41, 5.74) is 1.93. The van der Waals surface area contributed by atoms with Gasteiger partial charge in [-0.25, -0.2) is 4.98 Å². The molecule has 148 valence electrons. The molecule has 4 rings (SSSR count). The van der Waals surface area contributed by atoms with Gasteiger partial charge < -0.3 is 10.3 Å². The number of benzene rings is 1. The van der Waals surface area contributed by atoms with E-state index in [1.165, 1.54) is 11.3 Å². The minimum absolute atomic E-state index is 0. The second-order valence-corrected chi connectivity index (χ2v) is 9.54. The molecule has 0 fully saturated rings. The number of hydrogen-bond donors (Lipinski definition) is 2. The molecule has 0 atom stereocenters. The fourth-order valence-corrected chi connectivity index (χ4v) is 4.68. The number of aromatic nitrogens is 2. The van der Waals surface area contributed by atoms with E-state index in [1.54, 1.807) is 11.8 Å². The molecule has 0 bridgehead atoms. The second-order valence-electron chi connectivity index (χ2n) is 7.28. The quantitative estimate of drug-likeness (QED) is 0.587. The molecule has 0 saturated heterocycles. The summed E-state index contributed by atoms with van der Waals surface area (Å²) < 4.78 is 0. The van der Waals surface area contributed by atoms with Crippen LogP contribution in [0.1, 0.15) is 19.7 Å². The number of nitrogens with zero attached hydrogens (tertiary/aromatic N) is 2. The van der Waals surface area contributed by atoms with Gasteiger partial charge in [-0.2, -0.15) is 0 Å². The van der Waals surface area contributed by atoms with Crippen molar-refractivity contribution in [2.24, 2.45) is 10.4 Å². The zero-order valence-electron chi connectivity index (χ0n) is 15.4. The minimum atomic E-state index is -0.110. The van der Waals surface area contributed by atoms with Gasteiger partial charge in [-0.15, -0.1) is 23.7 Å². The Balaban J connectivity index is 0.00000225. The first-order valence-corrected chi connectivity index (χ1v) is 10.8. The molecule has 1 aliphatic heterocycles. The van der Waals surface area contributed by atoms with Crippen LogP contribution in [0.3, 0.4) is 0 Å². The summed E-state index contributed by atoms with van der Waals surface area (Å²) in [6.45, 7) is 6.08. The summed E-state index contributed by atoms with van der Waals surface area (Å²) in [5.74, 6) is 1.24. The molecule has 0 unspecified atom stereocenters. The molecule has 0 saturated carbocycles. The molecule has 5 nitrogen and oxygen atoms in total. The molecular formula is C19H20Cl2N4OS2. The van der Waals surface area contributed by atoms with E-state index in [2.05, 4.69) is 34.1 Å². The monoisotopic (exact) mass is 454 g/mol. The van der Waals surface area contributed by atoms with Crippen LogP contribution in [0.15, 0.2) is 39.4 Å². The van der Waals surface area contributed by atoms with Crippen molar-refractivity contribution in [1.29, 1.82) is 0 Å². The van der Waals surface area contributed by atoms with Crippen LogP contribution in [0, 0.1) is 5.41 Å². The highest BCUT2D eigenvalue weighted by molar-refractivity contribution is 8.13. The van der Waals surface area contributed by atoms with E-state index in [0.717, 1.165) is 34.2 Å². The number of hydrogen-bond acceptors (Lipinski definition) is 6. The lowest BCUT2D eigenvalue weighted by Gasteiger charge is -2.28. The summed E-state index contributed by atoms with van der Waals surface area (Å²) in [7, 11) is 0. The van der Waals surface area contributed by atoms with E-state index >= 15 is 0 Å². The van der Waals surface area contributed by atoms with Crippen molar-refractivity contribution >= 4 is 62.5 Å². The van der Waals surface area contributed by atoms with Gasteiger partial charge in [-0.3, -0.25) is 9.79 Å². The van der Waals surface area contributed by atoms with Crippen LogP contribution in [0.25, 0.3) is 21.3 Å². The highest BCUT2D eigenvalue weighted by Gasteiger charge is 2.22. The molecule has 2 N–H and O–H groups in total. The molecule has 2 aromatic heterocycles. The van der Waals surface area contributed by atoms with Gasteiger partial charge in [0.15, 0.2) is 5.17 Å². The molecule has 0 radical (unpaired) electrons. The number of H-pyrrole nitrogens is 1. The molecule has 9 heteroatoms. The van der Waals surface area contributed by atoms with E-state index in [4.69, 9.17) is 11.6 Å². The minimum Gasteiger partial charge on any atom is -0.364 e. The van der Waals surface area contributed by atoms with Crippen molar-refractivity contribution in [1.82, 2.24) is 15.3 Å². The average Bonchev–Trinajstić information content (AvgIpc) is 3.06. The summed E-state index contributed by atoms with van der Waals surface area (Å²) in [6, 6.07) is 7.49. The Bertz CT molecular complexity index is 1070. The summed E-state index contributed by atoms with van der Waals surface area (Å²) in [5, 5.41) is 7.53. The second kappa shape index (κ2) is 8.45. The third-order valence-corrected chi connectivity index (χ3v) is 6.45. The molecular weight excluding hydrogens is 435 g/mol. The molecule has 0 spiro atoms. The van der Waals surface area contributed by atoms with E-state index < -0.39 is 0 Å². The van der Waals surface area contributed by atoms with Gasteiger partial charge in [0.05, 0.1) is 11.1 Å². The highest BCUT2D eigenvalue weighted by atomic mass is 35.5. The third kappa shape index (κ3) is 4.54. The Hall–Kier alpha value is -1.54. The van der Waals surface area contributed by atoms with Gasteiger partial charge in [-0.05, 0) is 17.7 Å². The van der Waals surface area contributed by atoms with Gasteiger partial charge in [0, 0.05) is 34.5 Å². The molecule has 0 amide bonds. The zero-order valence-corrected chi connectivity index (χ0v) is 18.6. The Kier molecular flexibility index (Phi) is 6.39. The maximum absolute atomic E-state index is 12.7. The molecule has 1 aromatic carbocycles. The predicted molar refractivity (Wildman–Crippen MR) is 123 cm³/mol. The number of fused-ring (bicyclic) bond motifs is 1. The lowest BCUT2D eigenvalue weighted by atomic mass is 9.93. The Labute approximate surface area is 182 Å². The van der Waals surface area contributed by atoms with Crippen molar-refractivity contribution < 1.29 is 0 Å². The summed E-state index contributed by atoms with van der Waals surface area (Å²) >= 11 is 9.02. The first-order chi connectivity index (χ1) is 12.9. The maximum Gasteiger partial charge on any atom is 0.260 e. The number of amidine groups is 1. The van der Waals surface area contributed by atoms with Crippen molar-refractivity contribution in [2.45, 2.75) is 19.6 Å². The molecule has 1 aliphatic rings. The van der Waals surface area contributed by atoms with Gasteiger partial charge in [0.25, 0.3) is 5.56 Å². The number of thiophene rings is 1. The van der Waals surface area contributed by atoms with E-state index in [9.17, 15) is 4.79 Å². The van der Waals surface area contributed by atoms with Crippen LogP contribution in [-0.2, 0) is 5.75 Å². The van der Waals surface area contributed by atoms with E-state index in [0.29, 0.717) is 22.0 Å². The first kappa shape index (κ1) is 21.2. The van der Waals surface area contributed by atoms with Gasteiger partial charge >= 0.3 is 0 Å². The SMILES string of the molecule is CC1(C)CN=C(SCc2nc3scc(-c4ccc(Cl)cc4)c3c(=O)[nH]2)NC1.Cl. The van der Waals surface area contributed by atoms with Crippen LogP contribution >= 0.6 is 47.1 Å². The predicted octanol–water partition coefficient (Wildman–Crippen LogP) is 4.95. The normalized spacial score (nSPS) is 15.6. The number of thioether (sulfide) groups is 1. The third-order valence-electron chi connectivity index (χ3n) is 4.36. The lowest BCUT2D eigenvalue weighted by Crippen LogP contribution is -2.39. The number of aliphatic imine (C=N–C) groups is 1. The molecule has 0 aliphatic carbocycles. The largest absolute Gasteiger partial charge is 0.364 e. The van der Waals surface area contributed by atoms with E-state index in [1.807, 2.05) is 29.6 Å². The fraction of sp³-hybridized carbons (Fsp3) is 0.316. The number of nitrogens with one attached hydrogen (secondary N) is 2. The van der Waals surface area contributed by atoms with Crippen molar-refractivity contribution in [3.05, 3.63) is 50.8 Å². The summed E-state index contributed by atoms with van der Waals surface area (Å²) in [4.78, 5) is 25.6. The van der Waals surface area contributed by atoms with Crippen molar-refractivity contribution in [3.63, 3.8) is 0 Å². The smallest absolute Gasteiger partial charge is 0.260 e. The lowest BCUT2D eigenvalue weighted by molar-refractivity contribution is 0.364. The highest BCUT2D eigenvalue weighted by Crippen LogP contribution is 2.31. The van der Waals surface area contributed by atoms with Gasteiger partial charge in [0.1, 0.15) is 10.7 Å². The standard InChI is InChI=1S/C19H19ClN4OS2.ClH/c1-19(2)9-21-18(22-10-19)27-8-14-23-16(25)15-13(7-26-17(15)24-14)11-3-5-12(20)6-4-11;/h3-7H,8-10H2,1-2H3,(H,21,22)(H,23,24,25);1H. The Morgan fingerprint density at radius 2 is 2.04 bits per heavy atom. The summed E-state index contributed by atoms with van der Waals surface area (Å²) in [6.07, 6.45) is 0. The Morgan fingerprint density at radius 3 is 2.71 bits per heavy atom. The van der Waals surface area contributed by atoms with Gasteiger partial charge in [-0.1, -0.05) is 49.3 Å².